The fourth-order valence-corrected chi connectivity index (χ4v) is 4.05. The topological polar surface area (TPSA) is 113 Å². The van der Waals surface area contributed by atoms with Crippen LogP contribution in [0.15, 0.2) is 74.7 Å². The molecule has 0 aliphatic carbocycles. The summed E-state index contributed by atoms with van der Waals surface area (Å²) < 4.78 is 13.0. The van der Waals surface area contributed by atoms with Gasteiger partial charge in [-0.05, 0) is 74.7 Å². The van der Waals surface area contributed by atoms with Crippen LogP contribution in [-0.2, 0) is 16.2 Å². The average molecular weight is 614 g/mol. The maximum Gasteiger partial charge on any atom is 0.249 e. The second-order valence-corrected chi connectivity index (χ2v) is 9.03. The zero-order chi connectivity index (χ0) is 25.9. The van der Waals surface area contributed by atoms with Crippen LogP contribution in [0.25, 0.3) is 0 Å². The lowest BCUT2D eigenvalue weighted by molar-refractivity contribution is -0.126. The monoisotopic (exact) mass is 612 g/mol. The first kappa shape index (κ1) is 26.9. The van der Waals surface area contributed by atoms with E-state index in [0.717, 1.165) is 5.56 Å². The Hall–Kier alpha value is -3.68. The van der Waals surface area contributed by atoms with E-state index in [1.54, 1.807) is 42.5 Å². The van der Waals surface area contributed by atoms with Gasteiger partial charge in [0.25, 0.3) is 0 Å². The van der Waals surface area contributed by atoms with Crippen molar-refractivity contribution in [2.24, 2.45) is 5.10 Å². The molecule has 0 saturated carbocycles. The molecule has 36 heavy (non-hydrogen) atoms. The quantitative estimate of drug-likeness (QED) is 0.177. The molecule has 0 heterocycles. The van der Waals surface area contributed by atoms with Crippen LogP contribution in [0, 0.1) is 11.3 Å². The summed E-state index contributed by atoms with van der Waals surface area (Å²) in [5.74, 6) is -0.0668. The van der Waals surface area contributed by atoms with Gasteiger partial charge in [0.15, 0.2) is 11.5 Å². The van der Waals surface area contributed by atoms with Gasteiger partial charge in [0, 0.05) is 10.0 Å². The van der Waals surface area contributed by atoms with Crippen LogP contribution in [0.5, 0.6) is 11.5 Å². The zero-order valence-electron chi connectivity index (χ0n) is 19.3. The molecule has 0 aromatic heterocycles. The van der Waals surface area contributed by atoms with Crippen LogP contribution in [0.1, 0.15) is 30.0 Å². The van der Waals surface area contributed by atoms with Crippen LogP contribution in [0.3, 0.4) is 0 Å². The van der Waals surface area contributed by atoms with Crippen LogP contribution in [0.4, 0.5) is 5.69 Å². The van der Waals surface area contributed by atoms with Crippen molar-refractivity contribution in [3.63, 3.8) is 0 Å². The van der Waals surface area contributed by atoms with Crippen molar-refractivity contribution < 1.29 is 19.1 Å². The van der Waals surface area contributed by atoms with E-state index in [-0.39, 0.29) is 13.0 Å². The Balaban J connectivity index is 1.63. The van der Waals surface area contributed by atoms with Crippen molar-refractivity contribution in [1.29, 1.82) is 5.26 Å². The molecule has 8 nitrogen and oxygen atoms in total. The number of ether oxygens (including phenoxy) is 2. The molecule has 0 saturated heterocycles. The molecule has 0 aliphatic rings. The number of rotatable bonds is 10. The number of carbonyl (C=O) groups excluding carboxylic acids is 2. The Morgan fingerprint density at radius 2 is 1.78 bits per heavy atom. The number of hydrogen-bond acceptors (Lipinski definition) is 6. The molecule has 0 unspecified atom stereocenters. The highest BCUT2D eigenvalue weighted by Gasteiger charge is 2.14. The molecule has 0 atom stereocenters. The number of anilines is 1. The molecular weight excluding hydrogens is 592 g/mol. The van der Waals surface area contributed by atoms with Crippen LogP contribution in [0.2, 0.25) is 0 Å². The summed E-state index contributed by atoms with van der Waals surface area (Å²) in [7, 11) is 0. The van der Waals surface area contributed by atoms with Crippen molar-refractivity contribution in [2.75, 3.05) is 11.9 Å². The summed E-state index contributed by atoms with van der Waals surface area (Å²) in [4.78, 5) is 24.2. The van der Waals surface area contributed by atoms with Gasteiger partial charge in [-0.2, -0.15) is 10.4 Å². The molecule has 0 fully saturated rings. The number of nitrogens with one attached hydrogen (secondary N) is 2. The molecule has 0 bridgehead atoms. The summed E-state index contributed by atoms with van der Waals surface area (Å²) >= 11 is 6.83. The Labute approximate surface area is 225 Å². The minimum absolute atomic E-state index is 0.188. The Morgan fingerprint density at radius 1 is 1.03 bits per heavy atom. The van der Waals surface area contributed by atoms with Crippen molar-refractivity contribution in [3.05, 3.63) is 86.3 Å². The molecule has 0 radical (unpaired) electrons. The summed E-state index contributed by atoms with van der Waals surface area (Å²) in [6, 6.07) is 19.9. The molecular formula is C26H22Br2N4O4. The number of amides is 2. The number of para-hydroxylation sites is 1. The third kappa shape index (κ3) is 7.66. The largest absolute Gasteiger partial charge is 0.490 e. The summed E-state index contributed by atoms with van der Waals surface area (Å²) in [6.07, 6.45) is 1.05. The molecule has 3 aromatic rings. The Bertz CT molecular complexity index is 1320. The molecule has 0 aliphatic heterocycles. The minimum Gasteiger partial charge on any atom is -0.490 e. The van der Waals surface area contributed by atoms with Crippen molar-refractivity contribution in [3.8, 4) is 17.6 Å². The molecule has 2 N–H and O–H groups in total. The minimum atomic E-state index is -0.559. The molecule has 184 valence electrons. The Kier molecular flexibility index (Phi) is 10.0. The van der Waals surface area contributed by atoms with Gasteiger partial charge < -0.3 is 14.8 Å². The molecule has 2 amide bonds. The van der Waals surface area contributed by atoms with Gasteiger partial charge in [0.05, 0.1) is 34.6 Å². The van der Waals surface area contributed by atoms with E-state index in [1.807, 2.05) is 25.1 Å². The highest BCUT2D eigenvalue weighted by molar-refractivity contribution is 9.11. The van der Waals surface area contributed by atoms with Crippen molar-refractivity contribution >= 4 is 55.6 Å². The van der Waals surface area contributed by atoms with Crippen molar-refractivity contribution in [1.82, 2.24) is 5.43 Å². The fourth-order valence-electron chi connectivity index (χ4n) is 3.09. The molecule has 3 rings (SSSR count). The van der Waals surface area contributed by atoms with Gasteiger partial charge >= 0.3 is 0 Å². The van der Waals surface area contributed by atoms with Gasteiger partial charge in [0.1, 0.15) is 13.0 Å². The van der Waals surface area contributed by atoms with E-state index in [9.17, 15) is 14.9 Å². The molecule has 10 heteroatoms. The predicted molar refractivity (Wildman–Crippen MR) is 144 cm³/mol. The first-order chi connectivity index (χ1) is 17.4. The van der Waals surface area contributed by atoms with E-state index >= 15 is 0 Å². The lowest BCUT2D eigenvalue weighted by atomic mass is 10.1. The maximum atomic E-state index is 12.1. The number of carbonyl (C=O) groups is 2. The fraction of sp³-hybridized carbons (Fsp3) is 0.154. The summed E-state index contributed by atoms with van der Waals surface area (Å²) in [5.41, 5.74) is 4.85. The number of halogens is 2. The smallest absolute Gasteiger partial charge is 0.249 e. The van der Waals surface area contributed by atoms with Gasteiger partial charge in [-0.15, -0.1) is 0 Å². The third-order valence-electron chi connectivity index (χ3n) is 4.71. The molecule has 0 spiro atoms. The first-order valence-corrected chi connectivity index (χ1v) is 12.4. The lowest BCUT2D eigenvalue weighted by Gasteiger charge is -2.15. The number of benzene rings is 3. The van der Waals surface area contributed by atoms with Gasteiger partial charge in [-0.25, -0.2) is 5.43 Å². The number of hydrazone groups is 1. The SMILES string of the molecule is CCOc1cc(C=NNC(=O)CC(=O)Nc2ccccc2Br)cc(Br)c1OCc1ccccc1C#N. The van der Waals surface area contributed by atoms with E-state index in [0.29, 0.717) is 43.9 Å². The number of nitriles is 1. The van der Waals surface area contributed by atoms with Crippen LogP contribution >= 0.6 is 31.9 Å². The average Bonchev–Trinajstić information content (AvgIpc) is 2.85. The first-order valence-electron chi connectivity index (χ1n) is 10.8. The highest BCUT2D eigenvalue weighted by atomic mass is 79.9. The van der Waals surface area contributed by atoms with Crippen LogP contribution in [-0.4, -0.2) is 24.6 Å². The second-order valence-electron chi connectivity index (χ2n) is 7.32. The standard InChI is InChI=1S/C26H22Br2N4O4/c1-2-35-23-12-17(11-21(28)26(23)36-16-19-8-4-3-7-18(19)14-29)15-30-32-25(34)13-24(33)31-22-10-6-5-9-20(22)27/h3-12,15H,2,13,16H2,1H3,(H,31,33)(H,32,34). The van der Waals surface area contributed by atoms with Crippen molar-refractivity contribution in [2.45, 2.75) is 20.0 Å². The van der Waals surface area contributed by atoms with E-state index in [4.69, 9.17) is 9.47 Å². The molecule has 3 aromatic carbocycles. The summed E-state index contributed by atoms with van der Waals surface area (Å²) in [6.45, 7) is 2.44. The van der Waals surface area contributed by atoms with Crippen LogP contribution < -0.4 is 20.2 Å². The second kappa shape index (κ2) is 13.4. The third-order valence-corrected chi connectivity index (χ3v) is 5.99. The normalized spacial score (nSPS) is 10.5. The van der Waals surface area contributed by atoms with E-state index in [1.165, 1.54) is 6.21 Å². The highest BCUT2D eigenvalue weighted by Crippen LogP contribution is 2.37. The predicted octanol–water partition coefficient (Wildman–Crippen LogP) is 5.54. The van der Waals surface area contributed by atoms with E-state index < -0.39 is 11.8 Å². The van der Waals surface area contributed by atoms with Gasteiger partial charge in [-0.1, -0.05) is 30.3 Å². The zero-order valence-corrected chi connectivity index (χ0v) is 22.4. The van der Waals surface area contributed by atoms with Gasteiger partial charge in [0.2, 0.25) is 11.8 Å². The maximum absolute atomic E-state index is 12.1. The number of hydrogen-bond donors (Lipinski definition) is 2. The Morgan fingerprint density at radius 3 is 2.53 bits per heavy atom. The van der Waals surface area contributed by atoms with Gasteiger partial charge in [-0.3, -0.25) is 9.59 Å². The lowest BCUT2D eigenvalue weighted by Crippen LogP contribution is -2.24. The number of nitrogens with zero attached hydrogens (tertiary/aromatic N) is 2. The summed E-state index contributed by atoms with van der Waals surface area (Å²) in [5, 5.41) is 15.9. The van der Waals surface area contributed by atoms with E-state index in [2.05, 4.69) is 53.8 Å².